The molecule has 8 heteroatoms. The summed E-state index contributed by atoms with van der Waals surface area (Å²) in [5, 5.41) is 33.5. The maximum Gasteiger partial charge on any atom is 0.325 e. The number of carboxylic acid groups (broad SMARTS) is 1. The third kappa shape index (κ3) is 3.72. The van der Waals surface area contributed by atoms with E-state index < -0.39 is 35.3 Å². The minimum absolute atomic E-state index is 0.0308. The van der Waals surface area contributed by atoms with Crippen LogP contribution in [0.1, 0.15) is 48.1 Å². The molecule has 180 valence electrons. The van der Waals surface area contributed by atoms with Crippen LogP contribution in [0.15, 0.2) is 36.4 Å². The standard InChI is InChI=1S/C26H30N2O6/c1-4-5-10-28-23(31)19-20(24(28)32)26(25(33)34,13-16-6-8-18(29)9-7-16)27-21(19)17-11-14(2)22(30)15(3)12-17/h6-9,11-12,19-21,27,29-30H,4-5,10,13H2,1-3H3,(H,33,34). The Morgan fingerprint density at radius 2 is 1.68 bits per heavy atom. The number of benzene rings is 2. The van der Waals surface area contributed by atoms with Gasteiger partial charge in [-0.15, -0.1) is 0 Å². The lowest BCUT2D eigenvalue weighted by atomic mass is 9.76. The van der Waals surface area contributed by atoms with E-state index in [0.29, 0.717) is 28.7 Å². The van der Waals surface area contributed by atoms with Crippen LogP contribution in [0.2, 0.25) is 0 Å². The summed E-state index contributed by atoms with van der Waals surface area (Å²) in [7, 11) is 0. The van der Waals surface area contributed by atoms with Gasteiger partial charge in [-0.05, 0) is 54.7 Å². The van der Waals surface area contributed by atoms with Crippen LogP contribution in [0.4, 0.5) is 0 Å². The van der Waals surface area contributed by atoms with Crippen LogP contribution in [0.3, 0.4) is 0 Å². The quantitative estimate of drug-likeness (QED) is 0.462. The number of likely N-dealkylation sites (tertiary alicyclic amines) is 1. The number of amides is 2. The number of nitrogens with zero attached hydrogens (tertiary/aromatic N) is 1. The summed E-state index contributed by atoms with van der Waals surface area (Å²) in [6.07, 6.45) is 1.41. The van der Waals surface area contributed by atoms with Gasteiger partial charge in [0.15, 0.2) is 0 Å². The fourth-order valence-corrected chi connectivity index (χ4v) is 5.43. The highest BCUT2D eigenvalue weighted by atomic mass is 16.4. The number of imide groups is 1. The molecule has 4 N–H and O–H groups in total. The van der Waals surface area contributed by atoms with E-state index in [1.165, 1.54) is 17.0 Å². The van der Waals surface area contributed by atoms with Gasteiger partial charge in [-0.3, -0.25) is 24.6 Å². The normalized spacial score (nSPS) is 26.2. The Hall–Kier alpha value is -3.39. The molecule has 0 radical (unpaired) electrons. The fraction of sp³-hybridized carbons (Fsp3) is 0.423. The van der Waals surface area contributed by atoms with E-state index in [0.717, 1.165) is 6.42 Å². The van der Waals surface area contributed by atoms with Crippen LogP contribution in [0.25, 0.3) is 0 Å². The number of carbonyl (C=O) groups is 3. The van der Waals surface area contributed by atoms with Gasteiger partial charge in [0.25, 0.3) is 0 Å². The van der Waals surface area contributed by atoms with Gasteiger partial charge >= 0.3 is 5.97 Å². The van der Waals surface area contributed by atoms with Gasteiger partial charge in [-0.2, -0.15) is 0 Å². The zero-order valence-corrected chi connectivity index (χ0v) is 19.5. The Bertz CT molecular complexity index is 1120. The van der Waals surface area contributed by atoms with Gasteiger partial charge < -0.3 is 15.3 Å². The topological polar surface area (TPSA) is 127 Å². The molecule has 4 unspecified atom stereocenters. The van der Waals surface area contributed by atoms with E-state index in [2.05, 4.69) is 5.32 Å². The largest absolute Gasteiger partial charge is 0.508 e. The predicted octanol–water partition coefficient (Wildman–Crippen LogP) is 2.83. The Morgan fingerprint density at radius 1 is 1.06 bits per heavy atom. The molecule has 2 aliphatic heterocycles. The molecule has 2 aliphatic rings. The Balaban J connectivity index is 1.85. The SMILES string of the molecule is CCCCN1C(=O)C2C(c3cc(C)c(O)c(C)c3)NC(Cc3ccc(O)cc3)(C(=O)O)C2C1=O. The molecule has 8 nitrogen and oxygen atoms in total. The highest BCUT2D eigenvalue weighted by Crippen LogP contribution is 2.50. The number of aliphatic carboxylic acids is 1. The molecule has 0 aliphatic carbocycles. The van der Waals surface area contributed by atoms with Gasteiger partial charge in [0.2, 0.25) is 11.8 Å². The molecule has 2 saturated heterocycles. The molecule has 0 saturated carbocycles. The number of unbranched alkanes of at least 4 members (excludes halogenated alkanes) is 1. The lowest BCUT2D eigenvalue weighted by Gasteiger charge is -2.31. The third-order valence-electron chi connectivity index (χ3n) is 7.15. The number of carbonyl (C=O) groups excluding carboxylic acids is 2. The molecule has 0 aromatic heterocycles. The van der Waals surface area contributed by atoms with E-state index in [-0.39, 0.29) is 30.4 Å². The number of aryl methyl sites for hydroxylation is 2. The maximum atomic E-state index is 13.6. The number of rotatable bonds is 7. The monoisotopic (exact) mass is 466 g/mol. The van der Waals surface area contributed by atoms with E-state index in [1.807, 2.05) is 6.92 Å². The summed E-state index contributed by atoms with van der Waals surface area (Å²) in [5.74, 6) is -3.79. The molecule has 2 heterocycles. The van der Waals surface area contributed by atoms with Gasteiger partial charge in [-0.1, -0.05) is 37.6 Å². The molecular weight excluding hydrogens is 436 g/mol. The second-order valence-corrected chi connectivity index (χ2v) is 9.43. The van der Waals surface area contributed by atoms with Crippen molar-refractivity contribution in [1.29, 1.82) is 0 Å². The van der Waals surface area contributed by atoms with Crippen LogP contribution < -0.4 is 5.32 Å². The van der Waals surface area contributed by atoms with Crippen LogP contribution in [0, 0.1) is 25.7 Å². The summed E-state index contributed by atoms with van der Waals surface area (Å²) in [6, 6.07) is 8.95. The fourth-order valence-electron chi connectivity index (χ4n) is 5.43. The van der Waals surface area contributed by atoms with Gasteiger partial charge in [0.05, 0.1) is 11.8 Å². The second-order valence-electron chi connectivity index (χ2n) is 9.43. The van der Waals surface area contributed by atoms with Crippen molar-refractivity contribution in [1.82, 2.24) is 10.2 Å². The second kappa shape index (κ2) is 8.76. The first-order valence-corrected chi connectivity index (χ1v) is 11.5. The summed E-state index contributed by atoms with van der Waals surface area (Å²) >= 11 is 0. The first-order chi connectivity index (χ1) is 16.1. The number of phenolic OH excluding ortho intramolecular Hbond substituents is 2. The zero-order valence-electron chi connectivity index (χ0n) is 19.5. The van der Waals surface area contributed by atoms with Crippen molar-refractivity contribution in [2.45, 2.75) is 51.6 Å². The van der Waals surface area contributed by atoms with Crippen LogP contribution in [-0.2, 0) is 20.8 Å². The molecule has 2 aromatic rings. The lowest BCUT2D eigenvalue weighted by Crippen LogP contribution is -2.57. The van der Waals surface area contributed by atoms with E-state index in [1.54, 1.807) is 38.1 Å². The van der Waals surface area contributed by atoms with Crippen molar-refractivity contribution in [2.24, 2.45) is 11.8 Å². The number of hydrogen-bond donors (Lipinski definition) is 4. The van der Waals surface area contributed by atoms with Crippen molar-refractivity contribution < 1.29 is 29.7 Å². The van der Waals surface area contributed by atoms with Crippen molar-refractivity contribution >= 4 is 17.8 Å². The van der Waals surface area contributed by atoms with Crippen molar-refractivity contribution in [2.75, 3.05) is 6.54 Å². The Labute approximate surface area is 198 Å². The molecule has 4 atom stereocenters. The third-order valence-corrected chi connectivity index (χ3v) is 7.15. The van der Waals surface area contributed by atoms with Crippen LogP contribution >= 0.6 is 0 Å². The van der Waals surface area contributed by atoms with Crippen LogP contribution in [-0.4, -0.2) is 50.1 Å². The molecule has 34 heavy (non-hydrogen) atoms. The predicted molar refractivity (Wildman–Crippen MR) is 124 cm³/mol. The molecule has 0 spiro atoms. The summed E-state index contributed by atoms with van der Waals surface area (Å²) in [4.78, 5) is 41.1. The number of nitrogens with one attached hydrogen (secondary N) is 1. The number of fused-ring (bicyclic) bond motifs is 1. The number of carboxylic acids is 1. The molecule has 0 bridgehead atoms. The Morgan fingerprint density at radius 3 is 2.24 bits per heavy atom. The van der Waals surface area contributed by atoms with Gasteiger partial charge in [-0.25, -0.2) is 0 Å². The minimum atomic E-state index is -1.71. The van der Waals surface area contributed by atoms with E-state index in [4.69, 9.17) is 0 Å². The zero-order chi connectivity index (χ0) is 24.8. The molecular formula is C26H30N2O6. The molecule has 2 aromatic carbocycles. The minimum Gasteiger partial charge on any atom is -0.508 e. The smallest absolute Gasteiger partial charge is 0.325 e. The first kappa shape index (κ1) is 23.8. The Kier molecular flexibility index (Phi) is 6.12. The van der Waals surface area contributed by atoms with Crippen molar-refractivity contribution in [3.63, 3.8) is 0 Å². The van der Waals surface area contributed by atoms with E-state index in [9.17, 15) is 29.7 Å². The molecule has 4 rings (SSSR count). The van der Waals surface area contributed by atoms with Crippen LogP contribution in [0.5, 0.6) is 11.5 Å². The van der Waals surface area contributed by atoms with Crippen molar-refractivity contribution in [3.8, 4) is 11.5 Å². The number of phenols is 2. The summed E-state index contributed by atoms with van der Waals surface area (Å²) in [5.41, 5.74) is 0.797. The average Bonchev–Trinajstić information content (AvgIpc) is 3.26. The van der Waals surface area contributed by atoms with Gasteiger partial charge in [0.1, 0.15) is 17.0 Å². The van der Waals surface area contributed by atoms with E-state index >= 15 is 0 Å². The summed E-state index contributed by atoms with van der Waals surface area (Å²) < 4.78 is 0. The number of hydrogen-bond acceptors (Lipinski definition) is 6. The molecule has 2 amide bonds. The highest BCUT2D eigenvalue weighted by Gasteiger charge is 2.68. The lowest BCUT2D eigenvalue weighted by molar-refractivity contribution is -0.151. The maximum absolute atomic E-state index is 13.6. The average molecular weight is 467 g/mol. The van der Waals surface area contributed by atoms with Gasteiger partial charge in [0, 0.05) is 19.0 Å². The number of aromatic hydroxyl groups is 2. The van der Waals surface area contributed by atoms with Crippen molar-refractivity contribution in [3.05, 3.63) is 58.7 Å². The highest BCUT2D eigenvalue weighted by molar-refractivity contribution is 6.09. The summed E-state index contributed by atoms with van der Waals surface area (Å²) in [6.45, 7) is 5.71. The molecule has 2 fully saturated rings. The first-order valence-electron chi connectivity index (χ1n) is 11.5.